The van der Waals surface area contributed by atoms with Crippen molar-refractivity contribution in [3.8, 4) is 0 Å². The van der Waals surface area contributed by atoms with E-state index in [9.17, 15) is 9.59 Å². The molecular formula is C15H23N3O2. The summed E-state index contributed by atoms with van der Waals surface area (Å²) in [6.45, 7) is 5.42. The molecule has 0 saturated heterocycles. The Morgan fingerprint density at radius 1 is 1.25 bits per heavy atom. The van der Waals surface area contributed by atoms with Gasteiger partial charge in [0.05, 0.1) is 0 Å². The van der Waals surface area contributed by atoms with Gasteiger partial charge in [-0.1, -0.05) is 19.1 Å². The summed E-state index contributed by atoms with van der Waals surface area (Å²) < 4.78 is 0. The van der Waals surface area contributed by atoms with Gasteiger partial charge >= 0.3 is 0 Å². The first-order valence-electron chi connectivity index (χ1n) is 6.88. The monoisotopic (exact) mass is 277 g/mol. The molecule has 0 heterocycles. The molecule has 5 nitrogen and oxygen atoms in total. The predicted octanol–water partition coefficient (Wildman–Crippen LogP) is 0.908. The second-order valence-electron chi connectivity index (χ2n) is 4.74. The highest BCUT2D eigenvalue weighted by Gasteiger charge is 2.11. The van der Waals surface area contributed by atoms with Crippen molar-refractivity contribution in [2.75, 3.05) is 20.1 Å². The van der Waals surface area contributed by atoms with Gasteiger partial charge in [-0.2, -0.15) is 0 Å². The van der Waals surface area contributed by atoms with E-state index >= 15 is 0 Å². The molecular weight excluding hydrogens is 254 g/mol. The summed E-state index contributed by atoms with van der Waals surface area (Å²) in [5.41, 5.74) is 1.53. The number of rotatable bonds is 7. The van der Waals surface area contributed by atoms with Crippen molar-refractivity contribution in [2.24, 2.45) is 5.92 Å². The number of carbonyl (C=O) groups excluding carboxylic acids is 2. The van der Waals surface area contributed by atoms with E-state index in [-0.39, 0.29) is 17.7 Å². The standard InChI is InChI=1S/C15H23N3O2/c1-4-17-15(20)13-7-5-6-12(8-13)10-18-14(19)11(2)9-16-3/h5-8,11,16H,4,9-10H2,1-3H3,(H,17,20)(H,18,19). The summed E-state index contributed by atoms with van der Waals surface area (Å²) in [6.07, 6.45) is 0. The third-order valence-corrected chi connectivity index (χ3v) is 2.95. The third-order valence-electron chi connectivity index (χ3n) is 2.95. The fourth-order valence-electron chi connectivity index (χ4n) is 1.85. The maximum absolute atomic E-state index is 11.8. The fraction of sp³-hybridized carbons (Fsp3) is 0.467. The van der Waals surface area contributed by atoms with Crippen LogP contribution in [0.2, 0.25) is 0 Å². The summed E-state index contributed by atoms with van der Waals surface area (Å²) in [5.74, 6) is -0.168. The molecule has 0 aromatic heterocycles. The Hall–Kier alpha value is -1.88. The average molecular weight is 277 g/mol. The average Bonchev–Trinajstić information content (AvgIpc) is 2.45. The van der Waals surface area contributed by atoms with Gasteiger partial charge in [0.25, 0.3) is 5.91 Å². The molecule has 5 heteroatoms. The van der Waals surface area contributed by atoms with Gasteiger partial charge in [-0.05, 0) is 31.7 Å². The van der Waals surface area contributed by atoms with Crippen molar-refractivity contribution in [2.45, 2.75) is 20.4 Å². The van der Waals surface area contributed by atoms with Gasteiger partial charge in [-0.15, -0.1) is 0 Å². The molecule has 3 N–H and O–H groups in total. The van der Waals surface area contributed by atoms with Gasteiger partial charge in [0.1, 0.15) is 0 Å². The SMILES string of the molecule is CCNC(=O)c1cccc(CNC(=O)C(C)CNC)c1. The maximum atomic E-state index is 11.8. The largest absolute Gasteiger partial charge is 0.352 e. The number of benzene rings is 1. The molecule has 0 aliphatic rings. The number of amides is 2. The molecule has 0 saturated carbocycles. The van der Waals surface area contributed by atoms with Gasteiger partial charge in [-0.25, -0.2) is 0 Å². The molecule has 0 bridgehead atoms. The van der Waals surface area contributed by atoms with Crippen molar-refractivity contribution >= 4 is 11.8 Å². The lowest BCUT2D eigenvalue weighted by molar-refractivity contribution is -0.124. The van der Waals surface area contributed by atoms with E-state index in [0.29, 0.717) is 25.2 Å². The number of carbonyl (C=O) groups is 2. The highest BCUT2D eigenvalue weighted by Crippen LogP contribution is 2.05. The number of hydrogen-bond donors (Lipinski definition) is 3. The van der Waals surface area contributed by atoms with Crippen LogP contribution >= 0.6 is 0 Å². The zero-order chi connectivity index (χ0) is 15.0. The van der Waals surface area contributed by atoms with Crippen molar-refractivity contribution < 1.29 is 9.59 Å². The molecule has 0 fully saturated rings. The second-order valence-corrected chi connectivity index (χ2v) is 4.74. The van der Waals surface area contributed by atoms with Crippen molar-refractivity contribution in [3.63, 3.8) is 0 Å². The first kappa shape index (κ1) is 16.2. The minimum atomic E-state index is -0.0933. The van der Waals surface area contributed by atoms with Gasteiger partial charge in [0.15, 0.2) is 0 Å². The van der Waals surface area contributed by atoms with E-state index in [4.69, 9.17) is 0 Å². The van der Waals surface area contributed by atoms with E-state index in [2.05, 4.69) is 16.0 Å². The summed E-state index contributed by atoms with van der Waals surface area (Å²) in [5, 5.41) is 8.60. The molecule has 0 spiro atoms. The first-order chi connectivity index (χ1) is 9.58. The van der Waals surface area contributed by atoms with Crippen LogP contribution in [0.25, 0.3) is 0 Å². The van der Waals surface area contributed by atoms with E-state index < -0.39 is 0 Å². The van der Waals surface area contributed by atoms with Crippen LogP contribution in [0.1, 0.15) is 29.8 Å². The molecule has 1 unspecified atom stereocenters. The van der Waals surface area contributed by atoms with Crippen LogP contribution in [0, 0.1) is 5.92 Å². The van der Waals surface area contributed by atoms with E-state index in [1.165, 1.54) is 0 Å². The summed E-state index contributed by atoms with van der Waals surface area (Å²) in [7, 11) is 1.82. The topological polar surface area (TPSA) is 70.2 Å². The molecule has 0 aliphatic heterocycles. The van der Waals surface area contributed by atoms with E-state index in [0.717, 1.165) is 5.56 Å². The van der Waals surface area contributed by atoms with Crippen LogP contribution in [0.5, 0.6) is 0 Å². The fourth-order valence-corrected chi connectivity index (χ4v) is 1.85. The van der Waals surface area contributed by atoms with Gasteiger partial charge in [0.2, 0.25) is 5.91 Å². The van der Waals surface area contributed by atoms with E-state index in [1.54, 1.807) is 12.1 Å². The van der Waals surface area contributed by atoms with E-state index in [1.807, 2.05) is 33.0 Å². The van der Waals surface area contributed by atoms with Gasteiger partial charge in [-0.3, -0.25) is 9.59 Å². The Labute approximate surface area is 120 Å². The van der Waals surface area contributed by atoms with Crippen LogP contribution in [0.15, 0.2) is 24.3 Å². The lowest BCUT2D eigenvalue weighted by Crippen LogP contribution is -2.34. The van der Waals surface area contributed by atoms with Gasteiger partial charge < -0.3 is 16.0 Å². The van der Waals surface area contributed by atoms with Crippen molar-refractivity contribution in [1.29, 1.82) is 0 Å². The Bertz CT molecular complexity index is 460. The highest BCUT2D eigenvalue weighted by atomic mass is 16.2. The number of hydrogen-bond acceptors (Lipinski definition) is 3. The minimum absolute atomic E-state index is 0.00256. The molecule has 0 aliphatic carbocycles. The van der Waals surface area contributed by atoms with Crippen LogP contribution < -0.4 is 16.0 Å². The van der Waals surface area contributed by atoms with Crippen LogP contribution in [0.4, 0.5) is 0 Å². The van der Waals surface area contributed by atoms with Crippen LogP contribution in [0.3, 0.4) is 0 Å². The predicted molar refractivity (Wildman–Crippen MR) is 79.4 cm³/mol. The Morgan fingerprint density at radius 2 is 2.00 bits per heavy atom. The quantitative estimate of drug-likeness (QED) is 0.694. The highest BCUT2D eigenvalue weighted by molar-refractivity contribution is 5.94. The summed E-state index contributed by atoms with van der Waals surface area (Å²) >= 11 is 0. The molecule has 20 heavy (non-hydrogen) atoms. The molecule has 2 amide bonds. The van der Waals surface area contributed by atoms with Crippen LogP contribution in [-0.2, 0) is 11.3 Å². The Balaban J connectivity index is 2.58. The molecule has 1 atom stereocenters. The lowest BCUT2D eigenvalue weighted by atomic mass is 10.1. The molecule has 1 rings (SSSR count). The summed E-state index contributed by atoms with van der Waals surface area (Å²) in [6, 6.07) is 7.28. The smallest absolute Gasteiger partial charge is 0.251 e. The first-order valence-corrected chi connectivity index (χ1v) is 6.88. The molecule has 110 valence electrons. The third kappa shape index (κ3) is 5.01. The normalized spacial score (nSPS) is 11.8. The zero-order valence-electron chi connectivity index (χ0n) is 12.3. The molecule has 1 aromatic carbocycles. The van der Waals surface area contributed by atoms with Crippen LogP contribution in [-0.4, -0.2) is 32.0 Å². The maximum Gasteiger partial charge on any atom is 0.251 e. The lowest BCUT2D eigenvalue weighted by Gasteiger charge is -2.12. The van der Waals surface area contributed by atoms with Crippen molar-refractivity contribution in [1.82, 2.24) is 16.0 Å². The Kier molecular flexibility index (Phi) is 6.73. The number of nitrogens with one attached hydrogen (secondary N) is 3. The van der Waals surface area contributed by atoms with Crippen molar-refractivity contribution in [3.05, 3.63) is 35.4 Å². The molecule has 0 radical (unpaired) electrons. The summed E-state index contributed by atoms with van der Waals surface area (Å²) in [4.78, 5) is 23.5. The second kappa shape index (κ2) is 8.32. The Morgan fingerprint density at radius 3 is 2.65 bits per heavy atom. The zero-order valence-corrected chi connectivity index (χ0v) is 12.3. The molecule has 1 aromatic rings. The minimum Gasteiger partial charge on any atom is -0.352 e. The van der Waals surface area contributed by atoms with Gasteiger partial charge in [0, 0.05) is 31.1 Å².